The van der Waals surface area contributed by atoms with E-state index >= 15 is 0 Å². The van der Waals surface area contributed by atoms with Crippen LogP contribution in [0.4, 0.5) is 0 Å². The molecule has 0 bridgehead atoms. The highest BCUT2D eigenvalue weighted by Gasteiger charge is 2.44. The Labute approximate surface area is 120 Å². The van der Waals surface area contributed by atoms with Crippen LogP contribution in [0.25, 0.3) is 5.57 Å². The molecule has 4 atom stereocenters. The highest BCUT2D eigenvalue weighted by atomic mass is 79.9. The van der Waals surface area contributed by atoms with Crippen LogP contribution in [0.5, 0.6) is 0 Å². The summed E-state index contributed by atoms with van der Waals surface area (Å²) in [5.74, 6) is 0. The average molecular weight is 349 g/mol. The monoisotopic (exact) mass is 348 g/mol. The van der Waals surface area contributed by atoms with Crippen LogP contribution in [0.15, 0.2) is 20.8 Å². The van der Waals surface area contributed by atoms with E-state index in [1.165, 1.54) is 11.2 Å². The molecule has 9 heteroatoms. The minimum absolute atomic E-state index is 0.0799. The Morgan fingerprint density at radius 3 is 2.60 bits per heavy atom. The van der Waals surface area contributed by atoms with Crippen molar-refractivity contribution in [2.45, 2.75) is 24.4 Å². The Kier molecular flexibility index (Phi) is 4.55. The molecule has 2 heterocycles. The molecule has 110 valence electrons. The number of ether oxygens (including phenoxy) is 1. The quantitative estimate of drug-likeness (QED) is 0.441. The van der Waals surface area contributed by atoms with E-state index in [1.54, 1.807) is 0 Å². The molecule has 1 aromatic heterocycles. The fourth-order valence-corrected chi connectivity index (χ4v) is 2.56. The van der Waals surface area contributed by atoms with Crippen molar-refractivity contribution in [2.75, 3.05) is 6.61 Å². The van der Waals surface area contributed by atoms with Crippen molar-refractivity contribution in [2.24, 2.45) is 0 Å². The van der Waals surface area contributed by atoms with Gasteiger partial charge in [-0.15, -0.1) is 0 Å². The van der Waals surface area contributed by atoms with Crippen LogP contribution in [0.3, 0.4) is 0 Å². The zero-order valence-electron chi connectivity index (χ0n) is 10.1. The lowest BCUT2D eigenvalue weighted by molar-refractivity contribution is -0.0110. The van der Waals surface area contributed by atoms with Crippen LogP contribution >= 0.6 is 15.9 Å². The van der Waals surface area contributed by atoms with Crippen LogP contribution < -0.4 is 11.2 Å². The molecule has 0 radical (unpaired) electrons. The molecule has 5 N–H and O–H groups in total. The molecule has 2 rings (SSSR count). The zero-order chi connectivity index (χ0) is 14.9. The third-order valence-electron chi connectivity index (χ3n) is 3.10. The van der Waals surface area contributed by atoms with E-state index in [9.17, 15) is 19.8 Å². The number of H-pyrrole nitrogens is 2. The third kappa shape index (κ3) is 2.63. The maximum atomic E-state index is 11.8. The van der Waals surface area contributed by atoms with Gasteiger partial charge in [0.1, 0.15) is 24.4 Å². The molecule has 8 nitrogen and oxygen atoms in total. The first-order chi connectivity index (χ1) is 9.49. The Morgan fingerprint density at radius 1 is 1.40 bits per heavy atom. The molecule has 0 spiro atoms. The summed E-state index contributed by atoms with van der Waals surface area (Å²) in [6.07, 6.45) is -3.34. The van der Waals surface area contributed by atoms with Gasteiger partial charge in [-0.3, -0.25) is 9.78 Å². The normalized spacial score (nSPS) is 30.7. The molecule has 0 amide bonds. The van der Waals surface area contributed by atoms with Gasteiger partial charge in [-0.25, -0.2) is 4.79 Å². The molecule has 1 unspecified atom stereocenters. The summed E-state index contributed by atoms with van der Waals surface area (Å²) in [5, 5.41) is 28.7. The van der Waals surface area contributed by atoms with Gasteiger partial charge in [-0.05, 0) is 4.99 Å². The molecule has 0 saturated carbocycles. The van der Waals surface area contributed by atoms with Crippen molar-refractivity contribution in [3.8, 4) is 0 Å². The average Bonchev–Trinajstić information content (AvgIpc) is 2.70. The number of aromatic amines is 2. The van der Waals surface area contributed by atoms with Gasteiger partial charge in [0.15, 0.2) is 0 Å². The molecular weight excluding hydrogens is 336 g/mol. The zero-order valence-corrected chi connectivity index (χ0v) is 11.7. The first-order valence-corrected chi connectivity index (χ1v) is 6.66. The van der Waals surface area contributed by atoms with E-state index in [4.69, 9.17) is 9.84 Å². The van der Waals surface area contributed by atoms with Crippen molar-refractivity contribution < 1.29 is 20.1 Å². The topological polar surface area (TPSA) is 136 Å². The number of halogens is 1. The van der Waals surface area contributed by atoms with Crippen molar-refractivity contribution in [1.82, 2.24) is 9.97 Å². The van der Waals surface area contributed by atoms with Gasteiger partial charge in [0.05, 0.1) is 12.2 Å². The number of hydrogen-bond acceptors (Lipinski definition) is 6. The van der Waals surface area contributed by atoms with Gasteiger partial charge in [0.2, 0.25) is 0 Å². The second-order valence-corrected chi connectivity index (χ2v) is 4.77. The Bertz CT molecular complexity index is 624. The molecular formula is C11H13BrN2O6. The fourth-order valence-electron chi connectivity index (χ4n) is 2.05. The van der Waals surface area contributed by atoms with Crippen molar-refractivity contribution in [3.63, 3.8) is 0 Å². The largest absolute Gasteiger partial charge is 0.394 e. The Balaban J connectivity index is 2.39. The van der Waals surface area contributed by atoms with Crippen molar-refractivity contribution in [3.05, 3.63) is 37.6 Å². The summed E-state index contributed by atoms with van der Waals surface area (Å²) in [4.78, 5) is 28.5. The highest BCUT2D eigenvalue weighted by molar-refractivity contribution is 9.11. The van der Waals surface area contributed by atoms with Gasteiger partial charge >= 0.3 is 5.69 Å². The summed E-state index contributed by atoms with van der Waals surface area (Å²) in [6.45, 7) is -0.466. The van der Waals surface area contributed by atoms with E-state index in [2.05, 4.69) is 25.9 Å². The fraction of sp³-hybridized carbons (Fsp3) is 0.455. The second-order valence-electron chi connectivity index (χ2n) is 4.31. The molecule has 1 fully saturated rings. The van der Waals surface area contributed by atoms with Gasteiger partial charge in [-0.2, -0.15) is 0 Å². The van der Waals surface area contributed by atoms with Gasteiger partial charge in [0, 0.05) is 11.8 Å². The number of hydrogen-bond donors (Lipinski definition) is 5. The predicted molar refractivity (Wildman–Crippen MR) is 72.3 cm³/mol. The Hall–Kier alpha value is -1.26. The summed E-state index contributed by atoms with van der Waals surface area (Å²) in [6, 6.07) is 0. The third-order valence-corrected chi connectivity index (χ3v) is 3.59. The van der Waals surface area contributed by atoms with E-state index in [-0.39, 0.29) is 11.1 Å². The van der Waals surface area contributed by atoms with E-state index in [0.29, 0.717) is 0 Å². The summed E-state index contributed by atoms with van der Waals surface area (Å²) >= 11 is 3.06. The number of rotatable bonds is 3. The SMILES string of the molecule is O=c1[nH]cc(C(=CBr)C2O[C@H](CO)[C@@H](O)[C@@H]2O)c(=O)[nH]1. The van der Waals surface area contributed by atoms with Crippen molar-refractivity contribution in [1.29, 1.82) is 0 Å². The standard InChI is InChI=1S/C11H13BrN2O6/c12-1-4(5-2-13-11(19)14-10(5)18)9-8(17)7(16)6(3-15)20-9/h1-2,6-9,15-17H,3H2,(H2,13,14,18,19)/t6-,7-,8+,9?/m1/s1. The van der Waals surface area contributed by atoms with E-state index in [0.717, 1.165) is 0 Å². The molecule has 1 aliphatic heterocycles. The van der Waals surface area contributed by atoms with Gasteiger partial charge < -0.3 is 25.0 Å². The molecule has 0 aliphatic carbocycles. The number of aromatic nitrogens is 2. The molecule has 1 aliphatic rings. The molecule has 0 aromatic carbocycles. The first-order valence-electron chi connectivity index (χ1n) is 5.74. The lowest BCUT2D eigenvalue weighted by atomic mass is 9.99. The second kappa shape index (κ2) is 6.02. The summed E-state index contributed by atoms with van der Waals surface area (Å²) in [5.41, 5.74) is -0.993. The lowest BCUT2D eigenvalue weighted by Crippen LogP contribution is -2.35. The molecule has 20 heavy (non-hydrogen) atoms. The first kappa shape index (κ1) is 15.1. The van der Waals surface area contributed by atoms with Crippen LogP contribution in [-0.2, 0) is 4.74 Å². The van der Waals surface area contributed by atoms with Crippen molar-refractivity contribution >= 4 is 21.5 Å². The minimum atomic E-state index is -1.30. The molecule has 1 saturated heterocycles. The number of aliphatic hydroxyl groups is 3. The summed E-state index contributed by atoms with van der Waals surface area (Å²) in [7, 11) is 0. The van der Waals surface area contributed by atoms with Crippen LogP contribution in [0, 0.1) is 0 Å². The van der Waals surface area contributed by atoms with Crippen LogP contribution in [0.1, 0.15) is 5.56 Å². The minimum Gasteiger partial charge on any atom is -0.394 e. The smallest absolute Gasteiger partial charge is 0.325 e. The highest BCUT2D eigenvalue weighted by Crippen LogP contribution is 2.31. The lowest BCUT2D eigenvalue weighted by Gasteiger charge is -2.17. The van der Waals surface area contributed by atoms with Crippen LogP contribution in [-0.4, -0.2) is 56.3 Å². The predicted octanol–water partition coefficient (Wildman–Crippen LogP) is -1.72. The maximum absolute atomic E-state index is 11.8. The van der Waals surface area contributed by atoms with Gasteiger partial charge in [0.25, 0.3) is 5.56 Å². The molecule has 1 aromatic rings. The van der Waals surface area contributed by atoms with Crippen LogP contribution in [0.2, 0.25) is 0 Å². The van der Waals surface area contributed by atoms with E-state index < -0.39 is 42.3 Å². The number of aliphatic hydroxyl groups excluding tert-OH is 3. The Morgan fingerprint density at radius 2 is 2.10 bits per heavy atom. The van der Waals surface area contributed by atoms with Gasteiger partial charge in [-0.1, -0.05) is 15.9 Å². The number of nitrogens with one attached hydrogen (secondary N) is 2. The maximum Gasteiger partial charge on any atom is 0.325 e. The summed E-state index contributed by atoms with van der Waals surface area (Å²) < 4.78 is 5.33. The van der Waals surface area contributed by atoms with E-state index in [1.807, 2.05) is 0 Å².